The van der Waals surface area contributed by atoms with E-state index in [9.17, 15) is 4.79 Å². The monoisotopic (exact) mass is 143 g/mol. The van der Waals surface area contributed by atoms with Gasteiger partial charge in [-0.05, 0) is 18.8 Å². The molecule has 1 fully saturated rings. The molecule has 0 spiro atoms. The Labute approximate surface area is 60.4 Å². The minimum Gasteiger partial charge on any atom is -0.289 e. The molecule has 0 heterocycles. The van der Waals surface area contributed by atoms with Gasteiger partial charge in [0.15, 0.2) is 0 Å². The lowest BCUT2D eigenvalue weighted by atomic mass is 10.2. The molecule has 0 bridgehead atoms. The van der Waals surface area contributed by atoms with Gasteiger partial charge in [0, 0.05) is 5.92 Å². The van der Waals surface area contributed by atoms with E-state index in [-0.39, 0.29) is 11.8 Å². The van der Waals surface area contributed by atoms with Crippen LogP contribution in [0.4, 0.5) is 0 Å². The molecule has 0 aromatic heterocycles. The van der Waals surface area contributed by atoms with E-state index in [0.717, 1.165) is 19.3 Å². The maximum absolute atomic E-state index is 10.7. The van der Waals surface area contributed by atoms with Gasteiger partial charge in [0.1, 0.15) is 0 Å². The van der Waals surface area contributed by atoms with Crippen LogP contribution >= 0.6 is 0 Å². The molecule has 3 heteroatoms. The van der Waals surface area contributed by atoms with Crippen LogP contribution in [0.25, 0.3) is 0 Å². The molecule has 0 saturated heterocycles. The van der Waals surface area contributed by atoms with Gasteiger partial charge in [-0.25, -0.2) is 5.48 Å². The average Bonchev–Trinajstić information content (AvgIpc) is 2.67. The number of amides is 1. The number of hydrogen-bond donors (Lipinski definition) is 2. The van der Waals surface area contributed by atoms with Crippen molar-refractivity contribution in [3.63, 3.8) is 0 Å². The first-order valence-electron chi connectivity index (χ1n) is 3.73. The molecular weight excluding hydrogens is 130 g/mol. The number of carbonyl (C=O) groups excluding carboxylic acids is 1. The maximum Gasteiger partial charge on any atom is 0.246 e. The van der Waals surface area contributed by atoms with Gasteiger partial charge in [-0.1, -0.05) is 13.3 Å². The van der Waals surface area contributed by atoms with Crippen molar-refractivity contribution in [1.82, 2.24) is 5.48 Å². The van der Waals surface area contributed by atoms with Crippen LogP contribution < -0.4 is 5.48 Å². The zero-order valence-electron chi connectivity index (χ0n) is 6.13. The Morgan fingerprint density at radius 3 is 3.00 bits per heavy atom. The van der Waals surface area contributed by atoms with Crippen LogP contribution in [0.1, 0.15) is 26.2 Å². The Hall–Kier alpha value is -0.570. The minimum atomic E-state index is -0.210. The summed E-state index contributed by atoms with van der Waals surface area (Å²) in [6, 6.07) is 0. The molecule has 2 unspecified atom stereocenters. The molecule has 58 valence electrons. The molecule has 0 aromatic rings. The normalized spacial score (nSPS) is 29.8. The first kappa shape index (κ1) is 7.54. The number of carbonyl (C=O) groups is 1. The van der Waals surface area contributed by atoms with Crippen LogP contribution in [-0.4, -0.2) is 11.1 Å². The van der Waals surface area contributed by atoms with E-state index in [1.807, 2.05) is 0 Å². The summed E-state index contributed by atoms with van der Waals surface area (Å²) in [6.07, 6.45) is 3.19. The molecule has 1 rings (SSSR count). The van der Waals surface area contributed by atoms with E-state index in [0.29, 0.717) is 5.92 Å². The average molecular weight is 143 g/mol. The van der Waals surface area contributed by atoms with Crippen molar-refractivity contribution in [3.05, 3.63) is 0 Å². The van der Waals surface area contributed by atoms with Gasteiger partial charge >= 0.3 is 0 Å². The van der Waals surface area contributed by atoms with Crippen molar-refractivity contribution < 1.29 is 10.0 Å². The Balaban J connectivity index is 2.18. The fraction of sp³-hybridized carbons (Fsp3) is 0.857. The second-order valence-electron chi connectivity index (χ2n) is 2.87. The summed E-state index contributed by atoms with van der Waals surface area (Å²) in [5.41, 5.74) is 1.68. The molecule has 1 saturated carbocycles. The molecule has 3 nitrogen and oxygen atoms in total. The van der Waals surface area contributed by atoms with Crippen LogP contribution in [0.15, 0.2) is 0 Å². The lowest BCUT2D eigenvalue weighted by Gasteiger charge is -1.94. The highest BCUT2D eigenvalue weighted by Gasteiger charge is 2.41. The van der Waals surface area contributed by atoms with E-state index in [4.69, 9.17) is 5.21 Å². The first-order chi connectivity index (χ1) is 4.79. The lowest BCUT2D eigenvalue weighted by Crippen LogP contribution is -2.21. The van der Waals surface area contributed by atoms with Crippen molar-refractivity contribution in [2.45, 2.75) is 26.2 Å². The van der Waals surface area contributed by atoms with Gasteiger partial charge < -0.3 is 0 Å². The lowest BCUT2D eigenvalue weighted by molar-refractivity contribution is -0.130. The van der Waals surface area contributed by atoms with Crippen molar-refractivity contribution >= 4 is 5.91 Å². The predicted octanol–water partition coefficient (Wildman–Crippen LogP) is 0.928. The molecule has 0 radical (unpaired) electrons. The zero-order valence-corrected chi connectivity index (χ0v) is 6.13. The molecule has 0 aromatic carbocycles. The van der Waals surface area contributed by atoms with Gasteiger partial charge in [0.25, 0.3) is 0 Å². The molecule has 10 heavy (non-hydrogen) atoms. The van der Waals surface area contributed by atoms with Crippen molar-refractivity contribution in [1.29, 1.82) is 0 Å². The highest BCUT2D eigenvalue weighted by atomic mass is 16.5. The number of hydrogen-bond acceptors (Lipinski definition) is 2. The molecule has 1 aliphatic rings. The molecule has 1 amide bonds. The predicted molar refractivity (Wildman–Crippen MR) is 36.4 cm³/mol. The van der Waals surface area contributed by atoms with E-state index in [2.05, 4.69) is 6.92 Å². The smallest absolute Gasteiger partial charge is 0.246 e. The number of rotatable bonds is 3. The fourth-order valence-electron chi connectivity index (χ4n) is 1.34. The molecule has 2 atom stereocenters. The summed E-state index contributed by atoms with van der Waals surface area (Å²) in [5, 5.41) is 8.23. The van der Waals surface area contributed by atoms with Crippen LogP contribution in [0, 0.1) is 11.8 Å². The second kappa shape index (κ2) is 3.01. The number of hydroxylamine groups is 1. The fourth-order valence-corrected chi connectivity index (χ4v) is 1.34. The minimum absolute atomic E-state index is 0.102. The third kappa shape index (κ3) is 1.48. The molecular formula is C7H13NO2. The summed E-state index contributed by atoms with van der Waals surface area (Å²) < 4.78 is 0. The zero-order chi connectivity index (χ0) is 7.56. The summed E-state index contributed by atoms with van der Waals surface area (Å²) in [6.45, 7) is 2.10. The quantitative estimate of drug-likeness (QED) is 0.456. The van der Waals surface area contributed by atoms with Crippen LogP contribution in [0.2, 0.25) is 0 Å². The molecule has 0 aliphatic heterocycles. The van der Waals surface area contributed by atoms with Gasteiger partial charge in [-0.15, -0.1) is 0 Å². The summed E-state index contributed by atoms with van der Waals surface area (Å²) in [5.74, 6) is 0.431. The second-order valence-corrected chi connectivity index (χ2v) is 2.87. The summed E-state index contributed by atoms with van der Waals surface area (Å²) in [4.78, 5) is 10.7. The van der Waals surface area contributed by atoms with Gasteiger partial charge in [0.2, 0.25) is 5.91 Å². The van der Waals surface area contributed by atoms with Gasteiger partial charge in [-0.2, -0.15) is 0 Å². The molecule has 1 aliphatic carbocycles. The van der Waals surface area contributed by atoms with Gasteiger partial charge in [0.05, 0.1) is 0 Å². The van der Waals surface area contributed by atoms with E-state index in [1.54, 1.807) is 5.48 Å². The largest absolute Gasteiger partial charge is 0.289 e. The third-order valence-electron chi connectivity index (χ3n) is 2.03. The van der Waals surface area contributed by atoms with Crippen LogP contribution in [0.3, 0.4) is 0 Å². The summed E-state index contributed by atoms with van der Waals surface area (Å²) >= 11 is 0. The van der Waals surface area contributed by atoms with Crippen molar-refractivity contribution in [3.8, 4) is 0 Å². The van der Waals surface area contributed by atoms with E-state index < -0.39 is 0 Å². The van der Waals surface area contributed by atoms with Crippen molar-refractivity contribution in [2.24, 2.45) is 11.8 Å². The highest BCUT2D eigenvalue weighted by molar-refractivity contribution is 5.80. The Morgan fingerprint density at radius 2 is 2.50 bits per heavy atom. The Bertz CT molecular complexity index is 136. The SMILES string of the molecule is CCCC1CC1C(=O)NO. The Kier molecular flexibility index (Phi) is 2.27. The molecule has 2 N–H and O–H groups in total. The van der Waals surface area contributed by atoms with E-state index in [1.165, 1.54) is 0 Å². The van der Waals surface area contributed by atoms with E-state index >= 15 is 0 Å². The standard InChI is InChI=1S/C7H13NO2/c1-2-3-5-4-6(5)7(9)8-10/h5-6,10H,2-4H2,1H3,(H,8,9). The maximum atomic E-state index is 10.7. The van der Waals surface area contributed by atoms with Crippen LogP contribution in [0.5, 0.6) is 0 Å². The highest BCUT2D eigenvalue weighted by Crippen LogP contribution is 2.41. The number of nitrogens with one attached hydrogen (secondary N) is 1. The van der Waals surface area contributed by atoms with Gasteiger partial charge in [-0.3, -0.25) is 10.0 Å². The first-order valence-corrected chi connectivity index (χ1v) is 3.73. The van der Waals surface area contributed by atoms with Crippen molar-refractivity contribution in [2.75, 3.05) is 0 Å². The summed E-state index contributed by atoms with van der Waals surface area (Å²) in [7, 11) is 0. The van der Waals surface area contributed by atoms with Crippen LogP contribution in [-0.2, 0) is 4.79 Å². The Morgan fingerprint density at radius 1 is 1.80 bits per heavy atom. The third-order valence-corrected chi connectivity index (χ3v) is 2.03. The topological polar surface area (TPSA) is 49.3 Å².